The quantitative estimate of drug-likeness (QED) is 0.697. The summed E-state index contributed by atoms with van der Waals surface area (Å²) in [6.07, 6.45) is 0. The Morgan fingerprint density at radius 2 is 1.69 bits per heavy atom. The van der Waals surface area contributed by atoms with E-state index in [1.165, 1.54) is 0 Å². The smallest absolute Gasteiger partial charge is 0.227 e. The lowest BCUT2D eigenvalue weighted by Crippen LogP contribution is -2.45. The van der Waals surface area contributed by atoms with Crippen LogP contribution in [0.5, 0.6) is 0 Å². The van der Waals surface area contributed by atoms with Crippen molar-refractivity contribution in [2.24, 2.45) is 0 Å². The highest BCUT2D eigenvalue weighted by Gasteiger charge is 2.17. The lowest BCUT2D eigenvalue weighted by molar-refractivity contribution is 0.311. The fraction of sp³-hybridized carbons (Fsp3) is 0.636. The van der Waals surface area contributed by atoms with Crippen molar-refractivity contribution in [2.75, 3.05) is 38.1 Å². The first-order valence-corrected chi connectivity index (χ1v) is 5.90. The molecule has 5 heteroatoms. The second kappa shape index (κ2) is 4.55. The third kappa shape index (κ3) is 2.28. The van der Waals surface area contributed by atoms with Gasteiger partial charge in [0.2, 0.25) is 5.95 Å². The van der Waals surface area contributed by atoms with Crippen molar-refractivity contribution in [1.29, 1.82) is 0 Å². The summed E-state index contributed by atoms with van der Waals surface area (Å²) < 4.78 is 0. The summed E-state index contributed by atoms with van der Waals surface area (Å²) in [5.74, 6) is 0.765. The average Bonchev–Trinajstić information content (AvgIpc) is 2.26. The van der Waals surface area contributed by atoms with E-state index in [0.717, 1.165) is 43.4 Å². The van der Waals surface area contributed by atoms with E-state index in [1.54, 1.807) is 0 Å². The van der Waals surface area contributed by atoms with E-state index in [1.807, 2.05) is 13.8 Å². The van der Waals surface area contributed by atoms with Crippen LogP contribution in [0.1, 0.15) is 11.3 Å². The van der Waals surface area contributed by atoms with Crippen molar-refractivity contribution < 1.29 is 0 Å². The summed E-state index contributed by atoms with van der Waals surface area (Å²) in [7, 11) is 2.13. The summed E-state index contributed by atoms with van der Waals surface area (Å²) in [4.78, 5) is 13.3. The molecule has 1 aromatic rings. The number of aryl methyl sites for hydroxylation is 1. The van der Waals surface area contributed by atoms with Gasteiger partial charge in [0, 0.05) is 37.4 Å². The van der Waals surface area contributed by atoms with Gasteiger partial charge < -0.3 is 9.80 Å². The van der Waals surface area contributed by atoms with Gasteiger partial charge in [-0.2, -0.15) is 0 Å². The SMILES string of the molecule is Cc1nc(N2CCN(C)CC2)nc(Cl)c1C. The Hall–Kier alpha value is -0.870. The van der Waals surface area contributed by atoms with Crippen molar-refractivity contribution in [3.8, 4) is 0 Å². The predicted molar refractivity (Wildman–Crippen MR) is 66.2 cm³/mol. The lowest BCUT2D eigenvalue weighted by atomic mass is 10.3. The van der Waals surface area contributed by atoms with Crippen molar-refractivity contribution >= 4 is 17.5 Å². The summed E-state index contributed by atoms with van der Waals surface area (Å²) in [6, 6.07) is 0. The van der Waals surface area contributed by atoms with E-state index >= 15 is 0 Å². The van der Waals surface area contributed by atoms with Crippen LogP contribution in [0.2, 0.25) is 5.15 Å². The molecular formula is C11H17ClN4. The van der Waals surface area contributed by atoms with E-state index < -0.39 is 0 Å². The molecule has 0 atom stereocenters. The van der Waals surface area contributed by atoms with Crippen LogP contribution in [0, 0.1) is 13.8 Å². The minimum Gasteiger partial charge on any atom is -0.338 e. The zero-order valence-corrected chi connectivity index (χ0v) is 10.8. The van der Waals surface area contributed by atoms with Crippen LogP contribution in [0.25, 0.3) is 0 Å². The second-order valence-corrected chi connectivity index (χ2v) is 4.67. The second-order valence-electron chi connectivity index (χ2n) is 4.32. The molecule has 0 N–H and O–H groups in total. The summed E-state index contributed by atoms with van der Waals surface area (Å²) in [5, 5.41) is 0.571. The molecule has 16 heavy (non-hydrogen) atoms. The van der Waals surface area contributed by atoms with Gasteiger partial charge in [-0.05, 0) is 20.9 Å². The molecule has 4 nitrogen and oxygen atoms in total. The molecule has 1 fully saturated rings. The van der Waals surface area contributed by atoms with Crippen LogP contribution in [0.3, 0.4) is 0 Å². The summed E-state index contributed by atoms with van der Waals surface area (Å²) in [6.45, 7) is 7.96. The molecule has 0 saturated carbocycles. The van der Waals surface area contributed by atoms with Crippen molar-refractivity contribution in [1.82, 2.24) is 14.9 Å². The maximum Gasteiger partial charge on any atom is 0.227 e. The molecular weight excluding hydrogens is 224 g/mol. The third-order valence-corrected chi connectivity index (χ3v) is 3.47. The molecule has 2 heterocycles. The number of hydrogen-bond acceptors (Lipinski definition) is 4. The number of aromatic nitrogens is 2. The fourth-order valence-corrected chi connectivity index (χ4v) is 1.94. The maximum atomic E-state index is 6.08. The first-order chi connectivity index (χ1) is 7.58. The third-order valence-electron chi connectivity index (χ3n) is 3.10. The monoisotopic (exact) mass is 240 g/mol. The number of likely N-dealkylation sites (N-methyl/N-ethyl adjacent to an activating group) is 1. The fourth-order valence-electron chi connectivity index (χ4n) is 1.73. The van der Waals surface area contributed by atoms with Gasteiger partial charge in [-0.15, -0.1) is 0 Å². The molecule has 2 rings (SSSR count). The highest BCUT2D eigenvalue weighted by molar-refractivity contribution is 6.30. The van der Waals surface area contributed by atoms with Crippen LogP contribution in [0.15, 0.2) is 0 Å². The number of nitrogens with zero attached hydrogens (tertiary/aromatic N) is 4. The van der Waals surface area contributed by atoms with Gasteiger partial charge in [0.15, 0.2) is 0 Å². The van der Waals surface area contributed by atoms with Gasteiger partial charge in [0.25, 0.3) is 0 Å². The van der Waals surface area contributed by atoms with E-state index in [4.69, 9.17) is 11.6 Å². The minimum absolute atomic E-state index is 0.571. The van der Waals surface area contributed by atoms with Crippen molar-refractivity contribution in [3.63, 3.8) is 0 Å². The van der Waals surface area contributed by atoms with Gasteiger partial charge in [0.05, 0.1) is 0 Å². The highest BCUT2D eigenvalue weighted by Crippen LogP contribution is 2.19. The topological polar surface area (TPSA) is 32.3 Å². The Morgan fingerprint density at radius 1 is 1.06 bits per heavy atom. The maximum absolute atomic E-state index is 6.08. The van der Waals surface area contributed by atoms with Gasteiger partial charge in [-0.25, -0.2) is 9.97 Å². The molecule has 88 valence electrons. The van der Waals surface area contributed by atoms with E-state index in [9.17, 15) is 0 Å². The first-order valence-electron chi connectivity index (χ1n) is 5.52. The largest absolute Gasteiger partial charge is 0.338 e. The van der Waals surface area contributed by atoms with E-state index in [2.05, 4.69) is 26.8 Å². The molecule has 1 saturated heterocycles. The van der Waals surface area contributed by atoms with Crippen LogP contribution in [-0.4, -0.2) is 48.1 Å². The molecule has 1 aliphatic heterocycles. The zero-order valence-electron chi connectivity index (χ0n) is 10.00. The average molecular weight is 241 g/mol. The predicted octanol–water partition coefficient (Wildman–Crippen LogP) is 1.50. The molecule has 0 radical (unpaired) electrons. The minimum atomic E-state index is 0.571. The Bertz CT molecular complexity index is 363. The van der Waals surface area contributed by atoms with Gasteiger partial charge >= 0.3 is 0 Å². The zero-order chi connectivity index (χ0) is 11.7. The van der Waals surface area contributed by atoms with Crippen LogP contribution < -0.4 is 4.90 Å². The van der Waals surface area contributed by atoms with Crippen molar-refractivity contribution in [2.45, 2.75) is 13.8 Å². The number of rotatable bonds is 1. The summed E-state index contributed by atoms with van der Waals surface area (Å²) in [5.41, 5.74) is 1.94. The first kappa shape index (κ1) is 11.6. The van der Waals surface area contributed by atoms with Crippen LogP contribution in [-0.2, 0) is 0 Å². The molecule has 0 unspecified atom stereocenters. The highest BCUT2D eigenvalue weighted by atomic mass is 35.5. The molecule has 0 spiro atoms. The standard InChI is InChI=1S/C11H17ClN4/c1-8-9(2)13-11(14-10(8)12)16-6-4-15(3)5-7-16/h4-7H2,1-3H3. The van der Waals surface area contributed by atoms with E-state index in [-0.39, 0.29) is 0 Å². The Kier molecular flexibility index (Phi) is 3.30. The van der Waals surface area contributed by atoms with Gasteiger partial charge in [-0.1, -0.05) is 11.6 Å². The normalized spacial score (nSPS) is 17.9. The van der Waals surface area contributed by atoms with Crippen LogP contribution in [0.4, 0.5) is 5.95 Å². The van der Waals surface area contributed by atoms with E-state index in [0.29, 0.717) is 5.15 Å². The number of piperazine rings is 1. The van der Waals surface area contributed by atoms with Crippen LogP contribution >= 0.6 is 11.6 Å². The van der Waals surface area contributed by atoms with Gasteiger partial charge in [0.1, 0.15) is 5.15 Å². The summed E-state index contributed by atoms with van der Waals surface area (Å²) >= 11 is 6.08. The molecule has 0 aliphatic carbocycles. The molecule has 1 aromatic heterocycles. The van der Waals surface area contributed by atoms with Gasteiger partial charge in [-0.3, -0.25) is 0 Å². The molecule has 0 amide bonds. The molecule has 1 aliphatic rings. The Balaban J connectivity index is 2.21. The Labute approximate surface area is 101 Å². The lowest BCUT2D eigenvalue weighted by Gasteiger charge is -2.32. The molecule has 0 bridgehead atoms. The molecule has 0 aromatic carbocycles. The van der Waals surface area contributed by atoms with Crippen molar-refractivity contribution in [3.05, 3.63) is 16.4 Å². The Morgan fingerprint density at radius 3 is 2.25 bits per heavy atom. The number of halogens is 1. The number of anilines is 1. The number of hydrogen-bond donors (Lipinski definition) is 0.